The molecular weight excluding hydrogens is 194 g/mol. The Morgan fingerprint density at radius 3 is 3.00 bits per heavy atom. The predicted octanol–water partition coefficient (Wildman–Crippen LogP) is 0.681. The molecule has 1 N–H and O–H groups in total. The van der Waals surface area contributed by atoms with Crippen LogP contribution < -0.4 is 5.32 Å². The number of aromatic nitrogens is 1. The SMILES string of the molecule is N#Cc1ccc(NC2CCOC2=O)nc1. The predicted molar refractivity (Wildman–Crippen MR) is 51.9 cm³/mol. The summed E-state index contributed by atoms with van der Waals surface area (Å²) in [6.45, 7) is 0.451. The molecular formula is C10H9N3O2. The monoisotopic (exact) mass is 203 g/mol. The van der Waals surface area contributed by atoms with Crippen molar-refractivity contribution in [3.8, 4) is 6.07 Å². The first-order valence-corrected chi connectivity index (χ1v) is 4.59. The Morgan fingerprint density at radius 1 is 1.60 bits per heavy atom. The molecule has 0 bridgehead atoms. The van der Waals surface area contributed by atoms with Gasteiger partial charge in [0.15, 0.2) is 0 Å². The van der Waals surface area contributed by atoms with Gasteiger partial charge in [-0.1, -0.05) is 0 Å². The first kappa shape index (κ1) is 9.46. The van der Waals surface area contributed by atoms with Crippen LogP contribution in [0.25, 0.3) is 0 Å². The Balaban J connectivity index is 2.05. The Bertz CT molecular complexity index is 408. The minimum atomic E-state index is -0.314. The molecule has 1 aliphatic heterocycles. The third-order valence-electron chi connectivity index (χ3n) is 2.15. The number of carbonyl (C=O) groups excluding carboxylic acids is 1. The van der Waals surface area contributed by atoms with Gasteiger partial charge >= 0.3 is 5.97 Å². The van der Waals surface area contributed by atoms with Gasteiger partial charge in [0.1, 0.15) is 17.9 Å². The number of pyridine rings is 1. The van der Waals surface area contributed by atoms with E-state index in [1.54, 1.807) is 12.1 Å². The lowest BCUT2D eigenvalue weighted by molar-refractivity contribution is -0.138. The summed E-state index contributed by atoms with van der Waals surface area (Å²) in [5.74, 6) is 0.332. The van der Waals surface area contributed by atoms with Crippen LogP contribution in [0.2, 0.25) is 0 Å². The van der Waals surface area contributed by atoms with Crippen molar-refractivity contribution in [2.45, 2.75) is 12.5 Å². The summed E-state index contributed by atoms with van der Waals surface area (Å²) < 4.78 is 4.80. The van der Waals surface area contributed by atoms with Crippen molar-refractivity contribution in [3.05, 3.63) is 23.9 Å². The first-order valence-electron chi connectivity index (χ1n) is 4.59. The highest BCUT2D eigenvalue weighted by Gasteiger charge is 2.26. The van der Waals surface area contributed by atoms with Crippen molar-refractivity contribution in [3.63, 3.8) is 0 Å². The number of nitriles is 1. The lowest BCUT2D eigenvalue weighted by Gasteiger charge is -2.08. The second-order valence-corrected chi connectivity index (χ2v) is 3.20. The van der Waals surface area contributed by atoms with Gasteiger partial charge in [-0.05, 0) is 12.1 Å². The normalized spacial score (nSPS) is 19.4. The number of anilines is 1. The maximum atomic E-state index is 11.1. The van der Waals surface area contributed by atoms with E-state index in [-0.39, 0.29) is 12.0 Å². The Hall–Kier alpha value is -2.09. The van der Waals surface area contributed by atoms with Crippen molar-refractivity contribution in [2.24, 2.45) is 0 Å². The molecule has 1 fully saturated rings. The number of rotatable bonds is 2. The van der Waals surface area contributed by atoms with E-state index in [0.29, 0.717) is 24.4 Å². The van der Waals surface area contributed by atoms with Crippen LogP contribution in [0.1, 0.15) is 12.0 Å². The topological polar surface area (TPSA) is 75.0 Å². The highest BCUT2D eigenvalue weighted by atomic mass is 16.5. The fourth-order valence-corrected chi connectivity index (χ4v) is 1.35. The van der Waals surface area contributed by atoms with Gasteiger partial charge in [-0.2, -0.15) is 5.26 Å². The van der Waals surface area contributed by atoms with Crippen LogP contribution in [0.5, 0.6) is 0 Å². The number of ether oxygens (including phenoxy) is 1. The third kappa shape index (κ3) is 2.05. The quantitative estimate of drug-likeness (QED) is 0.715. The Morgan fingerprint density at radius 2 is 2.47 bits per heavy atom. The molecule has 1 aromatic rings. The van der Waals surface area contributed by atoms with E-state index in [2.05, 4.69) is 10.3 Å². The van der Waals surface area contributed by atoms with Crippen LogP contribution in [0.15, 0.2) is 18.3 Å². The molecule has 0 spiro atoms. The number of nitrogens with zero attached hydrogens (tertiary/aromatic N) is 2. The molecule has 0 saturated carbocycles. The molecule has 1 unspecified atom stereocenters. The standard InChI is InChI=1S/C10H9N3O2/c11-5-7-1-2-9(12-6-7)13-8-3-4-15-10(8)14/h1-2,6,8H,3-4H2,(H,12,13). The van der Waals surface area contributed by atoms with Gasteiger partial charge in [0, 0.05) is 12.6 Å². The molecule has 15 heavy (non-hydrogen) atoms. The molecule has 0 amide bonds. The van der Waals surface area contributed by atoms with E-state index in [1.807, 2.05) is 6.07 Å². The fraction of sp³-hybridized carbons (Fsp3) is 0.300. The molecule has 1 aliphatic rings. The largest absolute Gasteiger partial charge is 0.464 e. The van der Waals surface area contributed by atoms with Gasteiger partial charge < -0.3 is 10.1 Å². The average molecular weight is 203 g/mol. The molecule has 0 aromatic carbocycles. The van der Waals surface area contributed by atoms with Crippen molar-refractivity contribution in [1.29, 1.82) is 5.26 Å². The number of esters is 1. The highest BCUT2D eigenvalue weighted by Crippen LogP contribution is 2.12. The zero-order valence-electron chi connectivity index (χ0n) is 7.93. The zero-order chi connectivity index (χ0) is 10.7. The van der Waals surface area contributed by atoms with E-state index < -0.39 is 0 Å². The van der Waals surface area contributed by atoms with Gasteiger partial charge in [0.05, 0.1) is 12.2 Å². The van der Waals surface area contributed by atoms with Gasteiger partial charge in [-0.25, -0.2) is 9.78 Å². The van der Waals surface area contributed by atoms with Crippen molar-refractivity contribution in [1.82, 2.24) is 4.98 Å². The lowest BCUT2D eigenvalue weighted by atomic mass is 10.2. The second kappa shape index (κ2) is 3.96. The summed E-state index contributed by atoms with van der Waals surface area (Å²) in [5.41, 5.74) is 0.495. The molecule has 2 heterocycles. The molecule has 2 rings (SSSR count). The van der Waals surface area contributed by atoms with Gasteiger partial charge in [0.25, 0.3) is 0 Å². The summed E-state index contributed by atoms with van der Waals surface area (Å²) in [6.07, 6.45) is 2.11. The minimum Gasteiger partial charge on any atom is -0.464 e. The Kier molecular flexibility index (Phi) is 2.50. The first-order chi connectivity index (χ1) is 7.29. The van der Waals surface area contributed by atoms with Crippen LogP contribution in [-0.2, 0) is 9.53 Å². The molecule has 0 radical (unpaired) electrons. The minimum absolute atomic E-state index is 0.249. The van der Waals surface area contributed by atoms with Gasteiger partial charge in [-0.15, -0.1) is 0 Å². The average Bonchev–Trinajstić information content (AvgIpc) is 2.66. The summed E-state index contributed by atoms with van der Waals surface area (Å²) >= 11 is 0. The van der Waals surface area contributed by atoms with Crippen LogP contribution in [0.4, 0.5) is 5.82 Å². The maximum Gasteiger partial charge on any atom is 0.328 e. The number of nitrogens with one attached hydrogen (secondary N) is 1. The molecule has 0 aliphatic carbocycles. The van der Waals surface area contributed by atoms with E-state index in [4.69, 9.17) is 10.00 Å². The van der Waals surface area contributed by atoms with Gasteiger partial charge in [-0.3, -0.25) is 0 Å². The van der Waals surface area contributed by atoms with Crippen LogP contribution in [0.3, 0.4) is 0 Å². The van der Waals surface area contributed by atoms with Crippen molar-refractivity contribution in [2.75, 3.05) is 11.9 Å². The van der Waals surface area contributed by atoms with Crippen molar-refractivity contribution >= 4 is 11.8 Å². The zero-order valence-corrected chi connectivity index (χ0v) is 7.93. The highest BCUT2D eigenvalue weighted by molar-refractivity contribution is 5.80. The van der Waals surface area contributed by atoms with Crippen molar-refractivity contribution < 1.29 is 9.53 Å². The lowest BCUT2D eigenvalue weighted by Crippen LogP contribution is -2.24. The Labute approximate surface area is 86.7 Å². The number of carbonyl (C=O) groups is 1. The molecule has 1 atom stereocenters. The summed E-state index contributed by atoms with van der Waals surface area (Å²) in [7, 11) is 0. The molecule has 5 nitrogen and oxygen atoms in total. The molecule has 5 heteroatoms. The molecule has 76 valence electrons. The van der Waals surface area contributed by atoms with E-state index in [0.717, 1.165) is 0 Å². The number of hydrogen-bond acceptors (Lipinski definition) is 5. The van der Waals surface area contributed by atoms with Crippen LogP contribution in [0, 0.1) is 11.3 Å². The van der Waals surface area contributed by atoms with Crippen LogP contribution >= 0.6 is 0 Å². The van der Waals surface area contributed by atoms with E-state index in [1.165, 1.54) is 6.20 Å². The summed E-state index contributed by atoms with van der Waals surface area (Å²) in [6, 6.07) is 4.98. The molecule has 1 aromatic heterocycles. The fourth-order valence-electron chi connectivity index (χ4n) is 1.35. The van der Waals surface area contributed by atoms with E-state index >= 15 is 0 Å². The van der Waals surface area contributed by atoms with Gasteiger partial charge in [0.2, 0.25) is 0 Å². The van der Waals surface area contributed by atoms with Crippen LogP contribution in [-0.4, -0.2) is 23.6 Å². The maximum absolute atomic E-state index is 11.1. The smallest absolute Gasteiger partial charge is 0.328 e. The second-order valence-electron chi connectivity index (χ2n) is 3.20. The third-order valence-corrected chi connectivity index (χ3v) is 2.15. The number of hydrogen-bond donors (Lipinski definition) is 1. The summed E-state index contributed by atoms with van der Waals surface area (Å²) in [4.78, 5) is 15.1. The summed E-state index contributed by atoms with van der Waals surface area (Å²) in [5, 5.41) is 11.5. The number of cyclic esters (lactones) is 1. The molecule has 1 saturated heterocycles. The van der Waals surface area contributed by atoms with E-state index in [9.17, 15) is 4.79 Å².